The quantitative estimate of drug-likeness (QED) is 0.344. The van der Waals surface area contributed by atoms with Crippen molar-refractivity contribution >= 4 is 28.4 Å². The standard InChI is InChI=1S/C36H45FN6O4/c1-3-23-6-4-7-24-16-28(46-2)17-31(32(23)24)40-15-11-29-30(21-40)38-34(47-22-36-12-5-14-42(36)25(18-37)10-13-36)39-33(29)41-19-26-8-9-27(20-41)43(26)35(44)45/h4,6-7,16-17,25-27H,3,5,8-15,18-22H2,1-2H3,(H,44,45)/t25?,26-,27+,36?. The second-order valence-electron chi connectivity index (χ2n) is 14.1. The zero-order valence-corrected chi connectivity index (χ0v) is 27.5. The first-order valence-electron chi connectivity index (χ1n) is 17.4. The zero-order chi connectivity index (χ0) is 32.3. The Hall–Kier alpha value is -3.86. The highest BCUT2D eigenvalue weighted by molar-refractivity contribution is 5.98. The van der Waals surface area contributed by atoms with E-state index in [-0.39, 0.29) is 30.3 Å². The number of benzene rings is 2. The lowest BCUT2D eigenvalue weighted by molar-refractivity contribution is 0.0768. The molecule has 0 radical (unpaired) electrons. The summed E-state index contributed by atoms with van der Waals surface area (Å²) in [6.07, 6.45) is 6.44. The van der Waals surface area contributed by atoms with Gasteiger partial charge in [0.25, 0.3) is 0 Å². The van der Waals surface area contributed by atoms with Gasteiger partial charge >= 0.3 is 12.1 Å². The van der Waals surface area contributed by atoms with Gasteiger partial charge < -0.3 is 24.4 Å². The van der Waals surface area contributed by atoms with Gasteiger partial charge in [-0.15, -0.1) is 0 Å². The molecular weight excluding hydrogens is 599 g/mol. The summed E-state index contributed by atoms with van der Waals surface area (Å²) in [7, 11) is 1.71. The van der Waals surface area contributed by atoms with Crippen LogP contribution in [-0.4, -0.2) is 101 Å². The van der Waals surface area contributed by atoms with Crippen molar-refractivity contribution in [1.82, 2.24) is 19.8 Å². The number of ether oxygens (including phenoxy) is 2. The van der Waals surface area contributed by atoms with Gasteiger partial charge in [0.15, 0.2) is 0 Å². The molecule has 2 bridgehead atoms. The third-order valence-corrected chi connectivity index (χ3v) is 11.7. The number of halogens is 1. The molecule has 1 amide bonds. The van der Waals surface area contributed by atoms with Crippen LogP contribution in [0.3, 0.4) is 0 Å². The lowest BCUT2D eigenvalue weighted by atomic mass is 9.95. The Bertz CT molecular complexity index is 1670. The Balaban J connectivity index is 1.15. The fraction of sp³-hybridized carbons (Fsp3) is 0.583. The maximum atomic E-state index is 13.9. The maximum Gasteiger partial charge on any atom is 0.407 e. The number of fused-ring (bicyclic) bond motifs is 5. The summed E-state index contributed by atoms with van der Waals surface area (Å²) in [5.74, 6) is 1.71. The number of rotatable bonds is 8. The van der Waals surface area contributed by atoms with Gasteiger partial charge in [-0.3, -0.25) is 9.80 Å². The summed E-state index contributed by atoms with van der Waals surface area (Å²) in [5.41, 5.74) is 4.35. The van der Waals surface area contributed by atoms with Gasteiger partial charge in [0, 0.05) is 48.4 Å². The molecule has 2 aromatic carbocycles. The van der Waals surface area contributed by atoms with Crippen molar-refractivity contribution in [1.29, 1.82) is 0 Å². The largest absolute Gasteiger partial charge is 0.497 e. The van der Waals surface area contributed by atoms with Gasteiger partial charge in [0.05, 0.1) is 37.0 Å². The van der Waals surface area contributed by atoms with Crippen LogP contribution in [0.1, 0.15) is 62.3 Å². The van der Waals surface area contributed by atoms with Crippen LogP contribution in [-0.2, 0) is 19.4 Å². The zero-order valence-electron chi connectivity index (χ0n) is 27.5. The number of methoxy groups -OCH3 is 1. The smallest absolute Gasteiger partial charge is 0.407 e. The van der Waals surface area contributed by atoms with Crippen LogP contribution in [0, 0.1) is 0 Å². The third kappa shape index (κ3) is 5.12. The van der Waals surface area contributed by atoms with Crippen molar-refractivity contribution in [2.45, 2.75) is 88.5 Å². The number of carboxylic acid groups (broad SMARTS) is 1. The Morgan fingerprint density at radius 3 is 2.66 bits per heavy atom. The SMILES string of the molecule is CCc1cccc2cc(OC)cc(N3CCc4c(nc(OCC56CCCN5C(CF)CC6)nc4N4C[C@H]5CC[C@@H](C4)N5C(=O)O)C3)c12. The van der Waals surface area contributed by atoms with Crippen molar-refractivity contribution in [2.24, 2.45) is 0 Å². The van der Waals surface area contributed by atoms with Gasteiger partial charge in [-0.2, -0.15) is 9.97 Å². The summed E-state index contributed by atoms with van der Waals surface area (Å²) < 4.78 is 26.2. The summed E-state index contributed by atoms with van der Waals surface area (Å²) >= 11 is 0. The van der Waals surface area contributed by atoms with Crippen LogP contribution in [0.5, 0.6) is 11.8 Å². The first-order chi connectivity index (χ1) is 22.9. The van der Waals surface area contributed by atoms with Crippen molar-refractivity contribution in [2.75, 3.05) is 56.4 Å². The lowest BCUT2D eigenvalue weighted by Gasteiger charge is -2.41. The second kappa shape index (κ2) is 12.0. The maximum absolute atomic E-state index is 13.9. The Kier molecular flexibility index (Phi) is 7.77. The van der Waals surface area contributed by atoms with E-state index in [9.17, 15) is 14.3 Å². The fourth-order valence-electron chi connectivity index (χ4n) is 9.40. The third-order valence-electron chi connectivity index (χ3n) is 11.7. The first kappa shape index (κ1) is 30.5. The molecule has 6 heterocycles. The molecular formula is C36H45FN6O4. The monoisotopic (exact) mass is 644 g/mol. The second-order valence-corrected chi connectivity index (χ2v) is 14.1. The molecule has 1 N–H and O–H groups in total. The molecule has 250 valence electrons. The van der Waals surface area contributed by atoms with E-state index in [1.807, 2.05) is 0 Å². The van der Waals surface area contributed by atoms with E-state index < -0.39 is 6.09 Å². The van der Waals surface area contributed by atoms with Crippen LogP contribution < -0.4 is 19.3 Å². The number of hydrogen-bond donors (Lipinski definition) is 1. The minimum absolute atomic E-state index is 0.0265. The molecule has 4 saturated heterocycles. The molecule has 5 aliphatic heterocycles. The molecule has 11 heteroatoms. The molecule has 1 aromatic heterocycles. The minimum Gasteiger partial charge on any atom is -0.497 e. The molecule has 3 aromatic rings. The topological polar surface area (TPSA) is 94.5 Å². The minimum atomic E-state index is -0.831. The Morgan fingerprint density at radius 1 is 1.09 bits per heavy atom. The Labute approximate surface area is 275 Å². The molecule has 2 unspecified atom stereocenters. The van der Waals surface area contributed by atoms with Gasteiger partial charge in [0.2, 0.25) is 0 Å². The number of hydrogen-bond acceptors (Lipinski definition) is 8. The number of piperazine rings is 1. The summed E-state index contributed by atoms with van der Waals surface area (Å²) in [6.45, 7) is 5.87. The van der Waals surface area contributed by atoms with Crippen LogP contribution in [0.25, 0.3) is 10.8 Å². The predicted molar refractivity (Wildman–Crippen MR) is 179 cm³/mol. The predicted octanol–water partition coefficient (Wildman–Crippen LogP) is 5.44. The highest BCUT2D eigenvalue weighted by atomic mass is 19.1. The van der Waals surface area contributed by atoms with E-state index in [2.05, 4.69) is 52.0 Å². The van der Waals surface area contributed by atoms with Crippen LogP contribution in [0.4, 0.5) is 20.7 Å². The van der Waals surface area contributed by atoms with Crippen LogP contribution >= 0.6 is 0 Å². The molecule has 0 aliphatic carbocycles. The van der Waals surface area contributed by atoms with E-state index in [4.69, 9.17) is 19.4 Å². The van der Waals surface area contributed by atoms with Gasteiger partial charge in [-0.05, 0) is 74.9 Å². The molecule has 5 aliphatic rings. The number of alkyl halides is 1. The molecule has 47 heavy (non-hydrogen) atoms. The number of aryl methyl sites for hydroxylation is 1. The van der Waals surface area contributed by atoms with E-state index in [0.717, 1.165) is 98.4 Å². The van der Waals surface area contributed by atoms with Crippen LogP contribution in [0.2, 0.25) is 0 Å². The van der Waals surface area contributed by atoms with Crippen molar-refractivity contribution in [3.63, 3.8) is 0 Å². The molecule has 8 rings (SSSR count). The van der Waals surface area contributed by atoms with Crippen molar-refractivity contribution in [3.8, 4) is 11.8 Å². The lowest BCUT2D eigenvalue weighted by Crippen LogP contribution is -2.56. The van der Waals surface area contributed by atoms with E-state index in [1.165, 1.54) is 10.9 Å². The van der Waals surface area contributed by atoms with Gasteiger partial charge in [0.1, 0.15) is 24.8 Å². The Morgan fingerprint density at radius 2 is 1.91 bits per heavy atom. The number of aromatic nitrogens is 2. The highest BCUT2D eigenvalue weighted by Gasteiger charge is 2.50. The first-order valence-corrected chi connectivity index (χ1v) is 17.4. The van der Waals surface area contributed by atoms with Crippen LogP contribution in [0.15, 0.2) is 30.3 Å². The number of carbonyl (C=O) groups is 1. The average Bonchev–Trinajstić information content (AvgIpc) is 3.75. The van der Waals surface area contributed by atoms with E-state index in [1.54, 1.807) is 12.0 Å². The normalized spacial score (nSPS) is 27.0. The number of amides is 1. The summed E-state index contributed by atoms with van der Waals surface area (Å²) in [6, 6.07) is 11.0. The highest BCUT2D eigenvalue weighted by Crippen LogP contribution is 2.44. The molecule has 0 saturated carbocycles. The van der Waals surface area contributed by atoms with E-state index in [0.29, 0.717) is 32.3 Å². The molecule has 4 fully saturated rings. The number of nitrogens with zero attached hydrogens (tertiary/aromatic N) is 6. The molecule has 10 nitrogen and oxygen atoms in total. The van der Waals surface area contributed by atoms with Gasteiger partial charge in [-0.1, -0.05) is 25.1 Å². The molecule has 4 atom stereocenters. The fourth-order valence-corrected chi connectivity index (χ4v) is 9.40. The van der Waals surface area contributed by atoms with E-state index >= 15 is 0 Å². The summed E-state index contributed by atoms with van der Waals surface area (Å²) in [4.78, 5) is 30.9. The summed E-state index contributed by atoms with van der Waals surface area (Å²) in [5, 5.41) is 12.3. The van der Waals surface area contributed by atoms with Gasteiger partial charge in [-0.25, -0.2) is 9.18 Å². The molecule has 0 spiro atoms. The number of anilines is 2. The van der Waals surface area contributed by atoms with Crippen molar-refractivity contribution in [3.05, 3.63) is 47.2 Å². The average molecular weight is 645 g/mol. The van der Waals surface area contributed by atoms with Crippen molar-refractivity contribution < 1.29 is 23.8 Å².